The Morgan fingerprint density at radius 2 is 1.73 bits per heavy atom. The molecule has 1 aromatic heterocycles. The predicted octanol–water partition coefficient (Wildman–Crippen LogP) is 4.42. The fourth-order valence-corrected chi connectivity index (χ4v) is 2.76. The van der Waals surface area contributed by atoms with Crippen LogP contribution in [0.4, 0.5) is 11.4 Å². The first kappa shape index (κ1) is 20.3. The number of carbonyl (C=O) groups is 2. The molecule has 2 rings (SSSR count). The maximum Gasteiger partial charge on any atom is 0.359 e. The van der Waals surface area contributed by atoms with Gasteiger partial charge in [0.1, 0.15) is 5.02 Å². The molecular weight excluding hydrogens is 401 g/mol. The van der Waals surface area contributed by atoms with Crippen molar-refractivity contribution in [2.24, 2.45) is 0 Å². The normalized spacial score (nSPS) is 11.8. The van der Waals surface area contributed by atoms with Crippen LogP contribution in [0.15, 0.2) is 18.2 Å². The summed E-state index contributed by atoms with van der Waals surface area (Å²) in [7, 11) is 0. The van der Waals surface area contributed by atoms with Gasteiger partial charge in [0.2, 0.25) is 0 Å². The number of nitrogens with zero attached hydrogens (tertiary/aromatic N) is 1. The van der Waals surface area contributed by atoms with E-state index in [4.69, 9.17) is 45.3 Å². The Morgan fingerprint density at radius 1 is 1.15 bits per heavy atom. The third kappa shape index (κ3) is 4.20. The summed E-state index contributed by atoms with van der Waals surface area (Å²) < 4.78 is 5.13. The predicted molar refractivity (Wildman–Crippen MR) is 103 cm³/mol. The van der Waals surface area contributed by atoms with Gasteiger partial charge in [-0.1, -0.05) is 53.0 Å². The smallest absolute Gasteiger partial charge is 0.359 e. The van der Waals surface area contributed by atoms with Crippen LogP contribution in [0.25, 0.3) is 0 Å². The van der Waals surface area contributed by atoms with Crippen LogP contribution in [0.2, 0.25) is 15.2 Å². The Bertz CT molecular complexity index is 867. The molecule has 138 valence electrons. The minimum absolute atomic E-state index is 0.0611. The van der Waals surface area contributed by atoms with Gasteiger partial charge in [0.05, 0.1) is 10.7 Å². The maximum absolute atomic E-state index is 12.3. The summed E-state index contributed by atoms with van der Waals surface area (Å²) >= 11 is 17.6. The molecule has 9 heteroatoms. The van der Waals surface area contributed by atoms with Crippen molar-refractivity contribution in [2.75, 3.05) is 11.1 Å². The molecule has 0 aliphatic carbocycles. The summed E-state index contributed by atoms with van der Waals surface area (Å²) in [4.78, 5) is 28.4. The van der Waals surface area contributed by atoms with Gasteiger partial charge >= 0.3 is 5.97 Å². The highest BCUT2D eigenvalue weighted by Crippen LogP contribution is 2.34. The van der Waals surface area contributed by atoms with Gasteiger partial charge in [-0.05, 0) is 31.9 Å². The molecule has 1 unspecified atom stereocenters. The number of hydrogen-bond donors (Lipinski definition) is 2. The molecule has 6 nitrogen and oxygen atoms in total. The van der Waals surface area contributed by atoms with Gasteiger partial charge < -0.3 is 15.8 Å². The Morgan fingerprint density at radius 3 is 2.31 bits per heavy atom. The van der Waals surface area contributed by atoms with Crippen LogP contribution >= 0.6 is 34.8 Å². The summed E-state index contributed by atoms with van der Waals surface area (Å²) in [6, 6.07) is 5.61. The highest BCUT2D eigenvalue weighted by atomic mass is 35.5. The third-order valence-electron chi connectivity index (χ3n) is 3.65. The summed E-state index contributed by atoms with van der Waals surface area (Å²) in [5, 5.41) is 2.30. The second kappa shape index (κ2) is 8.12. The Balaban J connectivity index is 2.16. The zero-order chi connectivity index (χ0) is 19.6. The van der Waals surface area contributed by atoms with E-state index in [-0.39, 0.29) is 26.6 Å². The molecular formula is C17H16Cl3N3O3. The largest absolute Gasteiger partial charge is 0.448 e. The van der Waals surface area contributed by atoms with E-state index < -0.39 is 18.0 Å². The highest BCUT2D eigenvalue weighted by Gasteiger charge is 2.25. The van der Waals surface area contributed by atoms with Crippen LogP contribution in [0.3, 0.4) is 0 Å². The van der Waals surface area contributed by atoms with E-state index >= 15 is 0 Å². The van der Waals surface area contributed by atoms with Crippen molar-refractivity contribution < 1.29 is 14.3 Å². The van der Waals surface area contributed by atoms with Crippen molar-refractivity contribution in [3.63, 3.8) is 0 Å². The molecule has 26 heavy (non-hydrogen) atoms. The molecule has 3 N–H and O–H groups in total. The van der Waals surface area contributed by atoms with Crippen LogP contribution in [0.1, 0.15) is 28.5 Å². The van der Waals surface area contributed by atoms with Gasteiger partial charge in [0.25, 0.3) is 5.91 Å². The van der Waals surface area contributed by atoms with Crippen molar-refractivity contribution in [1.29, 1.82) is 0 Å². The lowest BCUT2D eigenvalue weighted by Crippen LogP contribution is -2.31. The Kier molecular flexibility index (Phi) is 6.34. The maximum atomic E-state index is 12.3. The zero-order valence-corrected chi connectivity index (χ0v) is 16.5. The standard InChI is InChI=1S/C17H16Cl3N3O3/c1-7-5-4-6-8(2)13(7)23-16(24)9(3)26-17(25)14-10(18)12(21)11(19)15(20)22-14/h4-6,9H,1-3H3,(H2,21,22)(H,23,24). The lowest BCUT2D eigenvalue weighted by atomic mass is 10.1. The van der Waals surface area contributed by atoms with Crippen LogP contribution < -0.4 is 11.1 Å². The van der Waals surface area contributed by atoms with Gasteiger partial charge in [-0.15, -0.1) is 0 Å². The zero-order valence-electron chi connectivity index (χ0n) is 14.2. The van der Waals surface area contributed by atoms with Crippen molar-refractivity contribution >= 4 is 58.1 Å². The molecule has 0 spiro atoms. The average molecular weight is 417 g/mol. The van der Waals surface area contributed by atoms with Crippen molar-refractivity contribution in [3.8, 4) is 0 Å². The number of amides is 1. The first-order valence-corrected chi connectivity index (χ1v) is 8.64. The van der Waals surface area contributed by atoms with E-state index in [1.165, 1.54) is 6.92 Å². The molecule has 0 fully saturated rings. The third-order valence-corrected chi connectivity index (χ3v) is 4.78. The quantitative estimate of drug-likeness (QED) is 0.568. The second-order valence-electron chi connectivity index (χ2n) is 5.60. The number of carbonyl (C=O) groups excluding carboxylic acids is 2. The van der Waals surface area contributed by atoms with Gasteiger partial charge in [-0.2, -0.15) is 0 Å². The number of rotatable bonds is 4. The second-order valence-corrected chi connectivity index (χ2v) is 6.71. The van der Waals surface area contributed by atoms with Gasteiger partial charge in [-0.25, -0.2) is 9.78 Å². The minimum Gasteiger partial charge on any atom is -0.448 e. The topological polar surface area (TPSA) is 94.3 Å². The fourth-order valence-electron chi connectivity index (χ4n) is 2.17. The summed E-state index contributed by atoms with van der Waals surface area (Å²) in [6.45, 7) is 5.15. The minimum atomic E-state index is -1.10. The highest BCUT2D eigenvalue weighted by molar-refractivity contribution is 6.46. The molecule has 0 saturated heterocycles. The molecule has 2 aromatic rings. The Labute approximate surface area is 165 Å². The summed E-state index contributed by atoms with van der Waals surface area (Å²) in [6.07, 6.45) is -1.10. The molecule has 0 bridgehead atoms. The number of hydrogen-bond acceptors (Lipinski definition) is 5. The summed E-state index contributed by atoms with van der Waals surface area (Å²) in [5.74, 6) is -1.44. The molecule has 1 atom stereocenters. The van der Waals surface area contributed by atoms with Crippen LogP contribution in [0.5, 0.6) is 0 Å². The van der Waals surface area contributed by atoms with Crippen molar-refractivity contribution in [1.82, 2.24) is 4.98 Å². The number of benzene rings is 1. The lowest BCUT2D eigenvalue weighted by molar-refractivity contribution is -0.123. The molecule has 0 saturated carbocycles. The Hall–Kier alpha value is -2.02. The molecule has 0 aliphatic heterocycles. The van der Waals surface area contributed by atoms with Gasteiger partial charge in [0, 0.05) is 5.69 Å². The first-order chi connectivity index (χ1) is 12.1. The van der Waals surface area contributed by atoms with E-state index in [0.29, 0.717) is 5.69 Å². The molecule has 0 radical (unpaired) electrons. The number of para-hydroxylation sites is 1. The first-order valence-electron chi connectivity index (χ1n) is 7.51. The average Bonchev–Trinajstić information content (AvgIpc) is 2.59. The van der Waals surface area contributed by atoms with Crippen molar-refractivity contribution in [2.45, 2.75) is 26.9 Å². The number of aromatic nitrogens is 1. The summed E-state index contributed by atoms with van der Waals surface area (Å²) in [5.41, 5.74) is 7.71. The van der Waals surface area contributed by atoms with E-state index in [2.05, 4.69) is 10.3 Å². The SMILES string of the molecule is Cc1cccc(C)c1NC(=O)C(C)OC(=O)c1nc(Cl)c(Cl)c(N)c1Cl. The molecule has 0 aliphatic rings. The molecule has 1 amide bonds. The number of nitrogens with one attached hydrogen (secondary N) is 1. The van der Waals surface area contributed by atoms with Crippen LogP contribution in [0, 0.1) is 13.8 Å². The van der Waals surface area contributed by atoms with Gasteiger partial charge in [0.15, 0.2) is 17.0 Å². The van der Waals surface area contributed by atoms with E-state index in [0.717, 1.165) is 11.1 Å². The number of nitrogens with two attached hydrogens (primary N) is 1. The van der Waals surface area contributed by atoms with Crippen LogP contribution in [-0.4, -0.2) is 23.0 Å². The van der Waals surface area contributed by atoms with E-state index in [9.17, 15) is 9.59 Å². The number of pyridine rings is 1. The monoisotopic (exact) mass is 415 g/mol. The van der Waals surface area contributed by atoms with Gasteiger partial charge in [-0.3, -0.25) is 4.79 Å². The lowest BCUT2D eigenvalue weighted by Gasteiger charge is -2.16. The van der Waals surface area contributed by atoms with Crippen molar-refractivity contribution in [3.05, 3.63) is 50.2 Å². The molecule has 1 heterocycles. The number of nitrogen functional groups attached to an aromatic ring is 1. The number of halogens is 3. The number of anilines is 2. The molecule has 1 aromatic carbocycles. The number of aryl methyl sites for hydroxylation is 2. The van der Waals surface area contributed by atoms with E-state index in [1.807, 2.05) is 32.0 Å². The number of ether oxygens (including phenoxy) is 1. The fraction of sp³-hybridized carbons (Fsp3) is 0.235. The van der Waals surface area contributed by atoms with Crippen LogP contribution in [-0.2, 0) is 9.53 Å². The van der Waals surface area contributed by atoms with E-state index in [1.54, 1.807) is 0 Å². The number of esters is 1.